The molecule has 104 valence electrons. The fourth-order valence-corrected chi connectivity index (χ4v) is 2.56. The molecule has 0 spiro atoms. The summed E-state index contributed by atoms with van der Waals surface area (Å²) in [5.41, 5.74) is 3.55. The minimum atomic E-state index is -0.113. The fraction of sp³-hybridized carbons (Fsp3) is 0.462. The zero-order valence-corrected chi connectivity index (χ0v) is 11.8. The van der Waals surface area contributed by atoms with Gasteiger partial charge in [0.2, 0.25) is 0 Å². The van der Waals surface area contributed by atoms with Crippen molar-refractivity contribution in [1.29, 1.82) is 0 Å². The predicted octanol–water partition coefficient (Wildman–Crippen LogP) is 1.88. The number of benzene rings is 1. The molecule has 1 aliphatic rings. The van der Waals surface area contributed by atoms with E-state index >= 15 is 0 Å². The molecule has 0 aliphatic carbocycles. The lowest BCUT2D eigenvalue weighted by Gasteiger charge is -2.27. The highest BCUT2D eigenvalue weighted by Gasteiger charge is 2.31. The quantitative estimate of drug-likeness (QED) is 0.656. The van der Waals surface area contributed by atoms with Crippen LogP contribution in [-0.4, -0.2) is 36.6 Å². The Labute approximate surface area is 117 Å². The topological polar surface area (TPSA) is 67.6 Å². The van der Waals surface area contributed by atoms with Crippen LogP contribution < -0.4 is 11.3 Å². The molecule has 1 saturated heterocycles. The summed E-state index contributed by atoms with van der Waals surface area (Å²) in [5.74, 6) is 5.32. The smallest absolute Gasteiger partial charge is 0.256 e. The highest BCUT2D eigenvalue weighted by molar-refractivity contribution is 6.31. The first-order valence-corrected chi connectivity index (χ1v) is 6.57. The van der Waals surface area contributed by atoms with Gasteiger partial charge in [0, 0.05) is 18.7 Å². The number of amides is 1. The van der Waals surface area contributed by atoms with Crippen LogP contribution in [0.15, 0.2) is 18.2 Å². The minimum Gasteiger partial charge on any atom is -0.376 e. The van der Waals surface area contributed by atoms with Gasteiger partial charge in [0.1, 0.15) is 0 Å². The van der Waals surface area contributed by atoms with Gasteiger partial charge in [-0.2, -0.15) is 0 Å². The first-order valence-electron chi connectivity index (χ1n) is 6.19. The van der Waals surface area contributed by atoms with Crippen molar-refractivity contribution in [1.82, 2.24) is 4.90 Å². The van der Waals surface area contributed by atoms with Crippen LogP contribution in [0, 0.1) is 0 Å². The second-order valence-electron chi connectivity index (χ2n) is 4.68. The number of ether oxygens (including phenoxy) is 1. The fourth-order valence-electron chi connectivity index (χ4n) is 2.39. The van der Waals surface area contributed by atoms with Gasteiger partial charge >= 0.3 is 0 Å². The van der Waals surface area contributed by atoms with Crippen LogP contribution in [-0.2, 0) is 4.74 Å². The predicted molar refractivity (Wildman–Crippen MR) is 75.2 cm³/mol. The third-order valence-corrected chi connectivity index (χ3v) is 3.76. The molecule has 0 saturated carbocycles. The van der Waals surface area contributed by atoms with Crippen LogP contribution in [0.3, 0.4) is 0 Å². The van der Waals surface area contributed by atoms with Crippen molar-refractivity contribution in [3.8, 4) is 0 Å². The Hall–Kier alpha value is -1.30. The van der Waals surface area contributed by atoms with Crippen LogP contribution in [0.1, 0.15) is 23.7 Å². The number of nitrogens with two attached hydrogens (primary N) is 1. The van der Waals surface area contributed by atoms with Crippen molar-refractivity contribution in [3.63, 3.8) is 0 Å². The molecule has 0 bridgehead atoms. The van der Waals surface area contributed by atoms with Crippen molar-refractivity contribution in [2.45, 2.75) is 25.5 Å². The second-order valence-corrected chi connectivity index (χ2v) is 5.12. The van der Waals surface area contributed by atoms with Gasteiger partial charge in [-0.3, -0.25) is 10.6 Å². The zero-order chi connectivity index (χ0) is 14.0. The largest absolute Gasteiger partial charge is 0.376 e. The van der Waals surface area contributed by atoms with Crippen LogP contribution >= 0.6 is 11.6 Å². The molecule has 1 fully saturated rings. The number of halogens is 1. The number of nitrogens with one attached hydrogen (secondary N) is 1. The summed E-state index contributed by atoms with van der Waals surface area (Å²) in [4.78, 5) is 14.2. The monoisotopic (exact) mass is 283 g/mol. The molecule has 0 radical (unpaired) electrons. The maximum absolute atomic E-state index is 12.5. The van der Waals surface area contributed by atoms with Gasteiger partial charge in [0.05, 0.1) is 23.4 Å². The SMILES string of the molecule is CC1OCCC1N(C)C(=O)c1cc(Cl)ccc1NN. The Bertz CT molecular complexity index is 481. The van der Waals surface area contributed by atoms with Crippen molar-refractivity contribution >= 4 is 23.2 Å². The lowest BCUT2D eigenvalue weighted by Crippen LogP contribution is -2.41. The van der Waals surface area contributed by atoms with E-state index in [0.29, 0.717) is 22.9 Å². The summed E-state index contributed by atoms with van der Waals surface area (Å²) in [7, 11) is 1.78. The second kappa shape index (κ2) is 5.77. The number of hydrogen-bond acceptors (Lipinski definition) is 4. The summed E-state index contributed by atoms with van der Waals surface area (Å²) >= 11 is 5.95. The molecular formula is C13H18ClN3O2. The Morgan fingerprint density at radius 3 is 2.89 bits per heavy atom. The number of likely N-dealkylation sites (N-methyl/N-ethyl adjacent to an activating group) is 1. The lowest BCUT2D eigenvalue weighted by molar-refractivity contribution is 0.0575. The van der Waals surface area contributed by atoms with Crippen LogP contribution in [0.2, 0.25) is 5.02 Å². The molecular weight excluding hydrogens is 266 g/mol. The van der Waals surface area contributed by atoms with Gasteiger partial charge < -0.3 is 15.1 Å². The number of nitrogens with zero attached hydrogens (tertiary/aromatic N) is 1. The van der Waals surface area contributed by atoms with Gasteiger partial charge in [0.15, 0.2) is 0 Å². The van der Waals surface area contributed by atoms with Gasteiger partial charge in [-0.25, -0.2) is 0 Å². The molecule has 3 N–H and O–H groups in total. The highest BCUT2D eigenvalue weighted by Crippen LogP contribution is 2.25. The molecule has 1 aromatic rings. The Kier molecular flexibility index (Phi) is 4.29. The van der Waals surface area contributed by atoms with Gasteiger partial charge in [0.25, 0.3) is 5.91 Å². The average Bonchev–Trinajstić information content (AvgIpc) is 2.83. The van der Waals surface area contributed by atoms with Crippen molar-refractivity contribution < 1.29 is 9.53 Å². The first-order chi connectivity index (χ1) is 9.04. The molecule has 5 nitrogen and oxygen atoms in total. The number of anilines is 1. The van der Waals surface area contributed by atoms with E-state index in [1.807, 2.05) is 6.92 Å². The summed E-state index contributed by atoms with van der Waals surface area (Å²) in [6.07, 6.45) is 0.887. The Morgan fingerprint density at radius 2 is 2.32 bits per heavy atom. The number of hydrazine groups is 1. The number of carbonyl (C=O) groups is 1. The van der Waals surface area contributed by atoms with Gasteiger partial charge in [-0.1, -0.05) is 11.6 Å². The molecule has 2 atom stereocenters. The van der Waals surface area contributed by atoms with E-state index in [9.17, 15) is 4.79 Å². The van der Waals surface area contributed by atoms with Crippen molar-refractivity contribution in [2.75, 3.05) is 19.1 Å². The molecule has 6 heteroatoms. The van der Waals surface area contributed by atoms with Crippen LogP contribution in [0.4, 0.5) is 5.69 Å². The molecule has 1 aromatic carbocycles. The van der Waals surface area contributed by atoms with Crippen molar-refractivity contribution in [3.05, 3.63) is 28.8 Å². The standard InChI is InChI=1S/C13H18ClN3O2/c1-8-12(5-6-19-8)17(2)13(18)10-7-9(14)3-4-11(10)16-15/h3-4,7-8,12,16H,5-6,15H2,1-2H3. The molecule has 1 amide bonds. The van der Waals surface area contributed by atoms with E-state index in [-0.39, 0.29) is 18.1 Å². The number of carbonyl (C=O) groups excluding carboxylic acids is 1. The van der Waals surface area contributed by atoms with E-state index in [1.54, 1.807) is 30.1 Å². The summed E-state index contributed by atoms with van der Waals surface area (Å²) in [5, 5.41) is 0.506. The Balaban J connectivity index is 2.25. The van der Waals surface area contributed by atoms with Crippen LogP contribution in [0.5, 0.6) is 0 Å². The maximum atomic E-state index is 12.5. The minimum absolute atomic E-state index is 0.0439. The number of rotatable bonds is 3. The van der Waals surface area contributed by atoms with E-state index in [0.717, 1.165) is 6.42 Å². The van der Waals surface area contributed by atoms with Crippen molar-refractivity contribution in [2.24, 2.45) is 5.84 Å². The third-order valence-electron chi connectivity index (χ3n) is 3.52. The average molecular weight is 284 g/mol. The Morgan fingerprint density at radius 1 is 1.58 bits per heavy atom. The van der Waals surface area contributed by atoms with E-state index in [2.05, 4.69) is 5.43 Å². The van der Waals surface area contributed by atoms with Gasteiger partial charge in [-0.15, -0.1) is 0 Å². The van der Waals surface area contributed by atoms with E-state index < -0.39 is 0 Å². The zero-order valence-electron chi connectivity index (χ0n) is 11.0. The third kappa shape index (κ3) is 2.83. The molecule has 2 rings (SSSR count). The maximum Gasteiger partial charge on any atom is 0.256 e. The van der Waals surface area contributed by atoms with E-state index in [1.165, 1.54) is 0 Å². The summed E-state index contributed by atoms with van der Waals surface area (Å²) in [6.45, 7) is 2.66. The number of nitrogen functional groups attached to an aromatic ring is 1. The lowest BCUT2D eigenvalue weighted by atomic mass is 10.1. The first kappa shape index (κ1) is 14.1. The number of hydrogen-bond donors (Lipinski definition) is 2. The van der Waals surface area contributed by atoms with Crippen LogP contribution in [0.25, 0.3) is 0 Å². The normalized spacial score (nSPS) is 22.3. The molecule has 0 aromatic heterocycles. The molecule has 2 unspecified atom stereocenters. The highest BCUT2D eigenvalue weighted by atomic mass is 35.5. The summed E-state index contributed by atoms with van der Waals surface area (Å²) < 4.78 is 5.49. The molecule has 19 heavy (non-hydrogen) atoms. The van der Waals surface area contributed by atoms with E-state index in [4.69, 9.17) is 22.2 Å². The van der Waals surface area contributed by atoms with Gasteiger partial charge in [-0.05, 0) is 31.5 Å². The molecule has 1 heterocycles. The summed E-state index contributed by atoms with van der Waals surface area (Å²) in [6, 6.07) is 5.08. The molecule has 1 aliphatic heterocycles.